The topological polar surface area (TPSA) is 62.5 Å². The van der Waals surface area contributed by atoms with E-state index in [1.54, 1.807) is 6.20 Å². The fraction of sp³-hybridized carbons (Fsp3) is 0.316. The highest BCUT2D eigenvalue weighted by molar-refractivity contribution is 6.09. The lowest BCUT2D eigenvalue weighted by atomic mass is 10.1. The summed E-state index contributed by atoms with van der Waals surface area (Å²) in [5.74, 6) is -0.0297. The molecule has 1 aliphatic carbocycles. The Morgan fingerprint density at radius 1 is 1.20 bits per heavy atom. The summed E-state index contributed by atoms with van der Waals surface area (Å²) in [6.45, 7) is 3.41. The minimum absolute atomic E-state index is 0.0297. The van der Waals surface area contributed by atoms with Crippen molar-refractivity contribution in [2.24, 2.45) is 0 Å². The van der Waals surface area contributed by atoms with E-state index >= 15 is 0 Å². The summed E-state index contributed by atoms with van der Waals surface area (Å²) in [7, 11) is 0. The normalized spacial score (nSPS) is 17.0. The number of hydrogen-bond donors (Lipinski definition) is 0. The van der Waals surface area contributed by atoms with E-state index in [4.69, 9.17) is 4.52 Å². The van der Waals surface area contributed by atoms with Crippen molar-refractivity contribution < 1.29 is 9.32 Å². The van der Waals surface area contributed by atoms with Crippen molar-refractivity contribution in [2.45, 2.75) is 25.8 Å². The molecule has 0 radical (unpaired) electrons. The summed E-state index contributed by atoms with van der Waals surface area (Å²) in [5, 5.41) is 4.70. The summed E-state index contributed by atoms with van der Waals surface area (Å²) in [6, 6.07) is 10.6. The van der Waals surface area contributed by atoms with Gasteiger partial charge in [-0.25, -0.2) is 4.98 Å². The predicted octanol–water partition coefficient (Wildman–Crippen LogP) is 3.16. The molecule has 0 bridgehead atoms. The average Bonchev–Trinajstić information content (AvgIpc) is 3.43. The number of benzene rings is 1. The molecule has 1 fully saturated rings. The average molecular weight is 334 g/mol. The number of fused-ring (bicyclic) bond motifs is 2. The number of pyridine rings is 1. The summed E-state index contributed by atoms with van der Waals surface area (Å²) in [4.78, 5) is 21.7. The maximum Gasteiger partial charge on any atom is 0.259 e. The number of nitrogens with zero attached hydrogens (tertiary/aromatic N) is 4. The monoisotopic (exact) mass is 334 g/mol. The van der Waals surface area contributed by atoms with Crippen LogP contribution in [0.15, 0.2) is 41.1 Å². The van der Waals surface area contributed by atoms with Crippen LogP contribution in [0.1, 0.15) is 28.9 Å². The molecule has 0 N–H and O–H groups in total. The van der Waals surface area contributed by atoms with Crippen LogP contribution in [0.2, 0.25) is 0 Å². The van der Waals surface area contributed by atoms with Gasteiger partial charge >= 0.3 is 0 Å². The number of carbonyl (C=O) groups is 1. The fourth-order valence-electron chi connectivity index (χ4n) is 3.58. The molecule has 6 heteroatoms. The number of hydrogen-bond acceptors (Lipinski definition) is 5. The Hall–Kier alpha value is -2.89. The van der Waals surface area contributed by atoms with E-state index in [2.05, 4.69) is 21.1 Å². The molecule has 0 atom stereocenters. The Labute approximate surface area is 145 Å². The summed E-state index contributed by atoms with van der Waals surface area (Å²) in [5.41, 5.74) is 3.91. The van der Waals surface area contributed by atoms with Crippen LogP contribution in [-0.2, 0) is 0 Å². The second-order valence-electron chi connectivity index (χ2n) is 6.71. The van der Waals surface area contributed by atoms with Crippen LogP contribution in [0.3, 0.4) is 0 Å². The van der Waals surface area contributed by atoms with Crippen LogP contribution in [0.4, 0.5) is 11.4 Å². The van der Waals surface area contributed by atoms with Crippen molar-refractivity contribution >= 4 is 28.4 Å². The molecular weight excluding hydrogens is 316 g/mol. The maximum atomic E-state index is 13.1. The van der Waals surface area contributed by atoms with Crippen LogP contribution in [0, 0.1) is 6.92 Å². The van der Waals surface area contributed by atoms with Gasteiger partial charge < -0.3 is 14.3 Å². The van der Waals surface area contributed by atoms with Gasteiger partial charge in [-0.05, 0) is 38.0 Å². The Bertz CT molecular complexity index is 976. The van der Waals surface area contributed by atoms with E-state index < -0.39 is 0 Å². The molecule has 0 unspecified atom stereocenters. The van der Waals surface area contributed by atoms with Crippen molar-refractivity contribution in [1.82, 2.24) is 10.1 Å². The van der Waals surface area contributed by atoms with Crippen LogP contribution in [-0.4, -0.2) is 35.2 Å². The molecule has 6 nitrogen and oxygen atoms in total. The van der Waals surface area contributed by atoms with Crippen molar-refractivity contribution in [2.75, 3.05) is 22.9 Å². The maximum absolute atomic E-state index is 13.1. The first-order valence-electron chi connectivity index (χ1n) is 8.62. The molecule has 3 heterocycles. The number of para-hydroxylation sites is 2. The van der Waals surface area contributed by atoms with Gasteiger partial charge in [-0.2, -0.15) is 0 Å². The van der Waals surface area contributed by atoms with E-state index in [-0.39, 0.29) is 5.91 Å². The Kier molecular flexibility index (Phi) is 3.07. The molecule has 5 rings (SSSR count). The summed E-state index contributed by atoms with van der Waals surface area (Å²) >= 11 is 0. The first kappa shape index (κ1) is 14.5. The molecule has 0 saturated heterocycles. The van der Waals surface area contributed by atoms with Gasteiger partial charge in [-0.3, -0.25) is 4.79 Å². The van der Waals surface area contributed by atoms with Crippen molar-refractivity contribution in [1.29, 1.82) is 0 Å². The number of amides is 1. The Balaban J connectivity index is 1.54. The minimum atomic E-state index is -0.0297. The van der Waals surface area contributed by atoms with E-state index in [1.807, 2.05) is 36.1 Å². The molecule has 25 heavy (non-hydrogen) atoms. The number of aromatic nitrogens is 2. The van der Waals surface area contributed by atoms with Crippen molar-refractivity contribution in [3.05, 3.63) is 47.8 Å². The van der Waals surface area contributed by atoms with Gasteiger partial charge in [-0.1, -0.05) is 17.3 Å². The molecule has 1 saturated carbocycles. The van der Waals surface area contributed by atoms with E-state index in [9.17, 15) is 4.79 Å². The summed E-state index contributed by atoms with van der Waals surface area (Å²) < 4.78 is 5.14. The quantitative estimate of drug-likeness (QED) is 0.720. The molecule has 3 aromatic rings. The van der Waals surface area contributed by atoms with Gasteiger partial charge in [0.05, 0.1) is 28.0 Å². The van der Waals surface area contributed by atoms with Gasteiger partial charge in [0.1, 0.15) is 0 Å². The zero-order valence-electron chi connectivity index (χ0n) is 14.0. The highest BCUT2D eigenvalue weighted by Crippen LogP contribution is 2.40. The number of carbonyl (C=O) groups excluding carboxylic acids is 1. The molecule has 1 aliphatic heterocycles. The number of anilines is 2. The largest absolute Gasteiger partial charge is 0.365 e. The van der Waals surface area contributed by atoms with Crippen molar-refractivity contribution in [3.8, 4) is 0 Å². The first-order valence-corrected chi connectivity index (χ1v) is 8.62. The zero-order valence-corrected chi connectivity index (χ0v) is 14.0. The molecule has 0 spiro atoms. The van der Waals surface area contributed by atoms with Gasteiger partial charge in [-0.15, -0.1) is 0 Å². The highest BCUT2D eigenvalue weighted by atomic mass is 16.5. The van der Waals surface area contributed by atoms with E-state index in [0.29, 0.717) is 23.9 Å². The second-order valence-corrected chi connectivity index (χ2v) is 6.71. The SMILES string of the molecule is Cc1noc2ncc(C(=O)N3CCN(C4CC4)c4ccccc43)cc12. The molecule has 126 valence electrons. The van der Waals surface area contributed by atoms with E-state index in [0.717, 1.165) is 29.0 Å². The molecular formula is C19H18N4O2. The van der Waals surface area contributed by atoms with Gasteiger partial charge in [0.15, 0.2) is 0 Å². The smallest absolute Gasteiger partial charge is 0.259 e. The standard InChI is InChI=1S/C19H18N4O2/c1-12-15-10-13(11-20-18(15)25-21-12)19(24)23-9-8-22(14-6-7-14)16-4-2-3-5-17(16)23/h2-5,10-11,14H,6-9H2,1H3. The van der Waals surface area contributed by atoms with Crippen LogP contribution < -0.4 is 9.80 Å². The zero-order chi connectivity index (χ0) is 17.0. The Morgan fingerprint density at radius 3 is 2.80 bits per heavy atom. The number of aryl methyl sites for hydroxylation is 1. The molecule has 2 aliphatic rings. The van der Waals surface area contributed by atoms with Crippen LogP contribution in [0.5, 0.6) is 0 Å². The molecule has 1 amide bonds. The van der Waals surface area contributed by atoms with Gasteiger partial charge in [0.2, 0.25) is 0 Å². The summed E-state index contributed by atoms with van der Waals surface area (Å²) in [6.07, 6.45) is 4.07. The third-order valence-electron chi connectivity index (χ3n) is 5.04. The minimum Gasteiger partial charge on any atom is -0.365 e. The first-order chi connectivity index (χ1) is 12.2. The van der Waals surface area contributed by atoms with Crippen LogP contribution in [0.25, 0.3) is 11.1 Å². The van der Waals surface area contributed by atoms with Crippen LogP contribution >= 0.6 is 0 Å². The van der Waals surface area contributed by atoms with Gasteiger partial charge in [0.25, 0.3) is 11.6 Å². The van der Waals surface area contributed by atoms with Crippen molar-refractivity contribution in [3.63, 3.8) is 0 Å². The predicted molar refractivity (Wildman–Crippen MR) is 95.0 cm³/mol. The third-order valence-corrected chi connectivity index (χ3v) is 5.04. The third kappa shape index (κ3) is 2.28. The van der Waals surface area contributed by atoms with Gasteiger partial charge in [0, 0.05) is 25.3 Å². The fourth-order valence-corrected chi connectivity index (χ4v) is 3.58. The lowest BCUT2D eigenvalue weighted by Gasteiger charge is -2.38. The Morgan fingerprint density at radius 2 is 2.00 bits per heavy atom. The molecule has 2 aromatic heterocycles. The number of rotatable bonds is 2. The second kappa shape index (κ2) is 5.31. The lowest BCUT2D eigenvalue weighted by Crippen LogP contribution is -2.45. The highest BCUT2D eigenvalue weighted by Gasteiger charge is 2.35. The lowest BCUT2D eigenvalue weighted by molar-refractivity contribution is 0.0986. The molecule has 1 aromatic carbocycles. The van der Waals surface area contributed by atoms with E-state index in [1.165, 1.54) is 12.8 Å².